The lowest BCUT2D eigenvalue weighted by molar-refractivity contribution is -0.130. The molecule has 1 amide bonds. The Morgan fingerprint density at radius 3 is 2.86 bits per heavy atom. The Morgan fingerprint density at radius 2 is 2.11 bits per heavy atom. The van der Waals surface area contributed by atoms with Crippen LogP contribution in [0.5, 0.6) is 5.75 Å². The average Bonchev–Trinajstić information content (AvgIpc) is 3.45. The largest absolute Gasteiger partial charge is 0.484 e. The smallest absolute Gasteiger partial charge is 0.233 e. The van der Waals surface area contributed by atoms with Crippen molar-refractivity contribution < 1.29 is 9.53 Å². The van der Waals surface area contributed by atoms with Gasteiger partial charge in [0.1, 0.15) is 12.4 Å². The van der Waals surface area contributed by atoms with Crippen LogP contribution in [0.3, 0.4) is 0 Å². The number of para-hydroxylation sites is 1. The van der Waals surface area contributed by atoms with Crippen LogP contribution >= 0.6 is 23.4 Å². The standard InChI is InChI=1S/C20H25ClN4O2S/c1-14-5-4-10-24(11-14)19(26)13-28-20-23-22-18(25(20)15-8-9-15)12-27-17-7-3-2-6-16(17)21/h2-3,6-7,14-15H,4-5,8-13H2,1H3/t14-/m0/s1. The van der Waals surface area contributed by atoms with Crippen LogP contribution < -0.4 is 4.74 Å². The van der Waals surface area contributed by atoms with E-state index in [0.29, 0.717) is 35.1 Å². The zero-order valence-corrected chi connectivity index (χ0v) is 17.6. The summed E-state index contributed by atoms with van der Waals surface area (Å²) in [6, 6.07) is 7.82. The SMILES string of the molecule is C[C@H]1CCCN(C(=O)CSc2nnc(COc3ccccc3Cl)n2C2CC2)C1. The summed E-state index contributed by atoms with van der Waals surface area (Å²) in [7, 11) is 0. The molecule has 4 rings (SSSR count). The summed E-state index contributed by atoms with van der Waals surface area (Å²) in [6.07, 6.45) is 4.53. The molecule has 2 aliphatic rings. The van der Waals surface area contributed by atoms with Crippen molar-refractivity contribution in [2.75, 3.05) is 18.8 Å². The summed E-state index contributed by atoms with van der Waals surface area (Å²) in [5, 5.41) is 10.0. The van der Waals surface area contributed by atoms with Gasteiger partial charge in [0.15, 0.2) is 11.0 Å². The highest BCUT2D eigenvalue weighted by Gasteiger charge is 2.30. The minimum atomic E-state index is 0.191. The van der Waals surface area contributed by atoms with Gasteiger partial charge in [-0.25, -0.2) is 0 Å². The van der Waals surface area contributed by atoms with E-state index in [4.69, 9.17) is 16.3 Å². The van der Waals surface area contributed by atoms with Gasteiger partial charge in [-0.05, 0) is 43.7 Å². The predicted molar refractivity (Wildman–Crippen MR) is 110 cm³/mol. The van der Waals surface area contributed by atoms with Crippen molar-refractivity contribution in [3.05, 3.63) is 35.1 Å². The monoisotopic (exact) mass is 420 g/mol. The first-order chi connectivity index (χ1) is 13.6. The quantitative estimate of drug-likeness (QED) is 0.628. The lowest BCUT2D eigenvalue weighted by Gasteiger charge is -2.30. The highest BCUT2D eigenvalue weighted by Crippen LogP contribution is 2.39. The third-order valence-electron chi connectivity index (χ3n) is 5.18. The molecule has 1 saturated heterocycles. The van der Waals surface area contributed by atoms with E-state index in [-0.39, 0.29) is 5.91 Å². The van der Waals surface area contributed by atoms with Crippen molar-refractivity contribution >= 4 is 29.3 Å². The fraction of sp³-hybridized carbons (Fsp3) is 0.550. The number of amides is 1. The van der Waals surface area contributed by atoms with Gasteiger partial charge in [0.25, 0.3) is 0 Å². The molecule has 1 aromatic carbocycles. The van der Waals surface area contributed by atoms with E-state index in [0.717, 1.165) is 43.3 Å². The van der Waals surface area contributed by atoms with Gasteiger partial charge >= 0.3 is 0 Å². The van der Waals surface area contributed by atoms with Gasteiger partial charge in [0, 0.05) is 19.1 Å². The zero-order chi connectivity index (χ0) is 19.5. The van der Waals surface area contributed by atoms with E-state index >= 15 is 0 Å². The molecular formula is C20H25ClN4O2S. The number of hydrogen-bond donors (Lipinski definition) is 0. The topological polar surface area (TPSA) is 60.3 Å². The number of ether oxygens (including phenoxy) is 1. The first-order valence-electron chi connectivity index (χ1n) is 9.83. The third kappa shape index (κ3) is 4.63. The molecule has 1 saturated carbocycles. The normalized spacial score (nSPS) is 19.6. The molecule has 0 spiro atoms. The van der Waals surface area contributed by atoms with Crippen LogP contribution in [0.1, 0.15) is 44.5 Å². The van der Waals surface area contributed by atoms with Crippen molar-refractivity contribution in [1.82, 2.24) is 19.7 Å². The lowest BCUT2D eigenvalue weighted by Crippen LogP contribution is -2.40. The van der Waals surface area contributed by atoms with Gasteiger partial charge < -0.3 is 9.64 Å². The predicted octanol–water partition coefficient (Wildman–Crippen LogP) is 4.20. The molecule has 150 valence electrons. The number of likely N-dealkylation sites (tertiary alicyclic amines) is 1. The summed E-state index contributed by atoms with van der Waals surface area (Å²) >= 11 is 7.65. The molecule has 2 aromatic rings. The van der Waals surface area contributed by atoms with E-state index < -0.39 is 0 Å². The molecule has 0 bridgehead atoms. The summed E-state index contributed by atoms with van der Waals surface area (Å²) in [4.78, 5) is 14.6. The maximum absolute atomic E-state index is 12.6. The molecule has 1 atom stereocenters. The van der Waals surface area contributed by atoms with Gasteiger partial charge in [-0.15, -0.1) is 10.2 Å². The molecular weight excluding hydrogens is 396 g/mol. The van der Waals surface area contributed by atoms with Gasteiger partial charge in [-0.2, -0.15) is 0 Å². The maximum Gasteiger partial charge on any atom is 0.233 e. The minimum Gasteiger partial charge on any atom is -0.484 e. The van der Waals surface area contributed by atoms with Gasteiger partial charge in [0.05, 0.1) is 10.8 Å². The molecule has 0 unspecified atom stereocenters. The zero-order valence-electron chi connectivity index (χ0n) is 16.0. The Balaban J connectivity index is 1.39. The van der Waals surface area contributed by atoms with Crippen LogP contribution in [0.15, 0.2) is 29.4 Å². The van der Waals surface area contributed by atoms with Crippen LogP contribution in [0, 0.1) is 5.92 Å². The number of rotatable bonds is 7. The number of carbonyl (C=O) groups is 1. The second kappa shape index (κ2) is 8.74. The number of halogens is 1. The molecule has 28 heavy (non-hydrogen) atoms. The summed E-state index contributed by atoms with van der Waals surface area (Å²) in [5.41, 5.74) is 0. The minimum absolute atomic E-state index is 0.191. The first-order valence-corrected chi connectivity index (χ1v) is 11.2. The van der Waals surface area contributed by atoms with Crippen molar-refractivity contribution in [2.45, 2.75) is 50.4 Å². The Kier molecular flexibility index (Phi) is 6.11. The second-order valence-electron chi connectivity index (χ2n) is 7.59. The Bertz CT molecular complexity index is 839. The Morgan fingerprint density at radius 1 is 1.29 bits per heavy atom. The van der Waals surface area contributed by atoms with Gasteiger partial charge in [-0.3, -0.25) is 9.36 Å². The van der Waals surface area contributed by atoms with E-state index in [1.807, 2.05) is 23.1 Å². The number of piperidine rings is 1. The van der Waals surface area contributed by atoms with Gasteiger partial charge in [-0.1, -0.05) is 42.4 Å². The molecule has 0 radical (unpaired) electrons. The first kappa shape index (κ1) is 19.6. The lowest BCUT2D eigenvalue weighted by atomic mass is 10.0. The highest BCUT2D eigenvalue weighted by molar-refractivity contribution is 7.99. The molecule has 2 heterocycles. The van der Waals surface area contributed by atoms with Crippen molar-refractivity contribution in [2.24, 2.45) is 5.92 Å². The summed E-state index contributed by atoms with van der Waals surface area (Å²) < 4.78 is 7.98. The van der Waals surface area contributed by atoms with Crippen molar-refractivity contribution in [1.29, 1.82) is 0 Å². The van der Waals surface area contributed by atoms with Crippen LogP contribution in [-0.4, -0.2) is 44.4 Å². The number of nitrogens with zero attached hydrogens (tertiary/aromatic N) is 4. The van der Waals surface area contributed by atoms with Crippen molar-refractivity contribution in [3.8, 4) is 5.75 Å². The molecule has 8 heteroatoms. The molecule has 0 N–H and O–H groups in total. The summed E-state index contributed by atoms with van der Waals surface area (Å²) in [6.45, 7) is 4.26. The summed E-state index contributed by atoms with van der Waals surface area (Å²) in [5.74, 6) is 2.60. The molecule has 1 aromatic heterocycles. The number of thioether (sulfide) groups is 1. The van der Waals surface area contributed by atoms with Crippen LogP contribution in [0.4, 0.5) is 0 Å². The number of benzene rings is 1. The number of aromatic nitrogens is 3. The van der Waals surface area contributed by atoms with E-state index in [9.17, 15) is 4.79 Å². The Labute approximate surface area is 174 Å². The van der Waals surface area contributed by atoms with Gasteiger partial charge in [0.2, 0.25) is 5.91 Å². The molecule has 6 nitrogen and oxygen atoms in total. The highest BCUT2D eigenvalue weighted by atomic mass is 35.5. The van der Waals surface area contributed by atoms with E-state index in [1.54, 1.807) is 6.07 Å². The number of carbonyl (C=O) groups excluding carboxylic acids is 1. The average molecular weight is 421 g/mol. The molecule has 1 aliphatic carbocycles. The van der Waals surface area contributed by atoms with Crippen LogP contribution in [-0.2, 0) is 11.4 Å². The maximum atomic E-state index is 12.6. The second-order valence-corrected chi connectivity index (χ2v) is 8.94. The third-order valence-corrected chi connectivity index (χ3v) is 6.42. The van der Waals surface area contributed by atoms with E-state index in [1.165, 1.54) is 18.2 Å². The number of hydrogen-bond acceptors (Lipinski definition) is 5. The fourth-order valence-electron chi connectivity index (χ4n) is 3.54. The Hall–Kier alpha value is -1.73. The van der Waals surface area contributed by atoms with Crippen LogP contribution in [0.25, 0.3) is 0 Å². The fourth-order valence-corrected chi connectivity index (χ4v) is 4.66. The molecule has 2 fully saturated rings. The van der Waals surface area contributed by atoms with E-state index in [2.05, 4.69) is 21.7 Å². The van der Waals surface area contributed by atoms with Crippen molar-refractivity contribution in [3.63, 3.8) is 0 Å². The molecule has 1 aliphatic heterocycles. The van der Waals surface area contributed by atoms with Crippen LogP contribution in [0.2, 0.25) is 5.02 Å².